The minimum Gasteiger partial charge on any atom is -0.378 e. The van der Waals surface area contributed by atoms with Gasteiger partial charge < -0.3 is 4.74 Å². The molecule has 2 rings (SSSR count). The van der Waals surface area contributed by atoms with Gasteiger partial charge in [0.05, 0.1) is 25.9 Å². The van der Waals surface area contributed by atoms with Crippen molar-refractivity contribution in [1.29, 1.82) is 0 Å². The second-order valence-electron chi connectivity index (χ2n) is 3.70. The number of benzene rings is 1. The topological polar surface area (TPSA) is 21.7 Å². The van der Waals surface area contributed by atoms with Gasteiger partial charge in [0.25, 0.3) is 0 Å². The molecule has 1 atom stereocenters. The van der Waals surface area contributed by atoms with Crippen LogP contribution in [0.4, 0.5) is 4.39 Å². The summed E-state index contributed by atoms with van der Waals surface area (Å²) in [5, 5.41) is 1.91. The standard InChI is InChI=1S/C12H16FNO2/c1-2-16-14-7-8-15-9-12(14)10-3-5-11(13)6-4-10/h3-6,12H,2,7-9H2,1H3/t12-/m1/s1. The minimum absolute atomic E-state index is 0.0642. The predicted molar refractivity (Wildman–Crippen MR) is 58.3 cm³/mol. The van der Waals surface area contributed by atoms with Crippen LogP contribution < -0.4 is 0 Å². The van der Waals surface area contributed by atoms with Crippen molar-refractivity contribution in [1.82, 2.24) is 5.06 Å². The van der Waals surface area contributed by atoms with Crippen LogP contribution in [-0.4, -0.2) is 31.4 Å². The molecule has 0 unspecified atom stereocenters. The van der Waals surface area contributed by atoms with Crippen molar-refractivity contribution < 1.29 is 14.0 Å². The molecule has 0 spiro atoms. The molecule has 0 aromatic heterocycles. The lowest BCUT2D eigenvalue weighted by Gasteiger charge is -2.34. The number of morpholine rings is 1. The molecule has 1 aliphatic rings. The Balaban J connectivity index is 2.13. The fraction of sp³-hybridized carbons (Fsp3) is 0.500. The van der Waals surface area contributed by atoms with Gasteiger partial charge in [0.2, 0.25) is 0 Å². The van der Waals surface area contributed by atoms with E-state index in [0.29, 0.717) is 19.8 Å². The molecule has 1 fully saturated rings. The van der Waals surface area contributed by atoms with E-state index in [9.17, 15) is 4.39 Å². The van der Waals surface area contributed by atoms with Crippen molar-refractivity contribution in [3.8, 4) is 0 Å². The maximum absolute atomic E-state index is 12.8. The van der Waals surface area contributed by atoms with E-state index in [0.717, 1.165) is 12.1 Å². The molecule has 0 aliphatic carbocycles. The van der Waals surface area contributed by atoms with E-state index >= 15 is 0 Å². The van der Waals surface area contributed by atoms with E-state index < -0.39 is 0 Å². The smallest absolute Gasteiger partial charge is 0.123 e. The van der Waals surface area contributed by atoms with Crippen molar-refractivity contribution in [3.05, 3.63) is 35.6 Å². The maximum Gasteiger partial charge on any atom is 0.123 e. The summed E-state index contributed by atoms with van der Waals surface area (Å²) in [6, 6.07) is 6.55. The Morgan fingerprint density at radius 2 is 2.19 bits per heavy atom. The molecular formula is C12H16FNO2. The zero-order valence-electron chi connectivity index (χ0n) is 9.36. The molecule has 1 aliphatic heterocycles. The van der Waals surface area contributed by atoms with Crippen molar-refractivity contribution in [2.45, 2.75) is 13.0 Å². The van der Waals surface area contributed by atoms with Gasteiger partial charge in [-0.15, -0.1) is 0 Å². The van der Waals surface area contributed by atoms with E-state index in [4.69, 9.17) is 9.57 Å². The van der Waals surface area contributed by atoms with Crippen molar-refractivity contribution in [2.75, 3.05) is 26.4 Å². The third-order valence-corrected chi connectivity index (χ3v) is 2.63. The molecule has 1 heterocycles. The van der Waals surface area contributed by atoms with Crippen LogP contribution in [0.2, 0.25) is 0 Å². The van der Waals surface area contributed by atoms with E-state index in [2.05, 4.69) is 0 Å². The first-order chi connectivity index (χ1) is 7.81. The van der Waals surface area contributed by atoms with Gasteiger partial charge in [0.15, 0.2) is 0 Å². The highest BCUT2D eigenvalue weighted by molar-refractivity contribution is 5.20. The number of hydroxylamine groups is 2. The van der Waals surface area contributed by atoms with Gasteiger partial charge in [0.1, 0.15) is 5.82 Å². The van der Waals surface area contributed by atoms with Gasteiger partial charge in [-0.2, -0.15) is 5.06 Å². The normalized spacial score (nSPS) is 22.2. The average molecular weight is 225 g/mol. The highest BCUT2D eigenvalue weighted by atomic mass is 19.1. The van der Waals surface area contributed by atoms with Crippen molar-refractivity contribution in [2.24, 2.45) is 0 Å². The quantitative estimate of drug-likeness (QED) is 0.786. The van der Waals surface area contributed by atoms with E-state index in [-0.39, 0.29) is 11.9 Å². The van der Waals surface area contributed by atoms with Crippen LogP contribution >= 0.6 is 0 Å². The molecule has 0 radical (unpaired) electrons. The van der Waals surface area contributed by atoms with Crippen molar-refractivity contribution in [3.63, 3.8) is 0 Å². The summed E-state index contributed by atoms with van der Waals surface area (Å²) in [6.45, 7) is 4.61. The zero-order chi connectivity index (χ0) is 11.4. The summed E-state index contributed by atoms with van der Waals surface area (Å²) in [6.07, 6.45) is 0. The predicted octanol–water partition coefficient (Wildman–Crippen LogP) is 2.15. The van der Waals surface area contributed by atoms with Gasteiger partial charge in [-0.1, -0.05) is 12.1 Å². The summed E-state index contributed by atoms with van der Waals surface area (Å²) < 4.78 is 18.3. The maximum atomic E-state index is 12.8. The molecule has 16 heavy (non-hydrogen) atoms. The second kappa shape index (κ2) is 5.39. The van der Waals surface area contributed by atoms with Crippen LogP contribution in [0.3, 0.4) is 0 Å². The first-order valence-corrected chi connectivity index (χ1v) is 5.54. The fourth-order valence-electron chi connectivity index (χ4n) is 1.86. The number of hydrogen-bond acceptors (Lipinski definition) is 3. The summed E-state index contributed by atoms with van der Waals surface area (Å²) in [5.74, 6) is -0.219. The van der Waals surface area contributed by atoms with Crippen LogP contribution in [0, 0.1) is 5.82 Å². The molecule has 1 aromatic rings. The highest BCUT2D eigenvalue weighted by Gasteiger charge is 2.25. The van der Waals surface area contributed by atoms with E-state index in [1.54, 1.807) is 12.1 Å². The molecule has 0 saturated carbocycles. The number of hydrogen-bond donors (Lipinski definition) is 0. The highest BCUT2D eigenvalue weighted by Crippen LogP contribution is 2.24. The molecule has 3 nitrogen and oxygen atoms in total. The summed E-state index contributed by atoms with van der Waals surface area (Å²) >= 11 is 0. The Morgan fingerprint density at radius 1 is 1.44 bits per heavy atom. The number of ether oxygens (including phenoxy) is 1. The average Bonchev–Trinajstić information content (AvgIpc) is 2.32. The lowest BCUT2D eigenvalue weighted by atomic mass is 10.1. The molecule has 4 heteroatoms. The van der Waals surface area contributed by atoms with Gasteiger partial charge in [0, 0.05) is 6.54 Å². The van der Waals surface area contributed by atoms with Crippen LogP contribution in [0.1, 0.15) is 18.5 Å². The van der Waals surface area contributed by atoms with Gasteiger partial charge in [-0.3, -0.25) is 4.84 Å². The summed E-state index contributed by atoms with van der Waals surface area (Å²) in [4.78, 5) is 5.54. The van der Waals surface area contributed by atoms with Crippen LogP contribution in [-0.2, 0) is 9.57 Å². The molecule has 1 aromatic carbocycles. The molecule has 0 amide bonds. The van der Waals surface area contributed by atoms with Crippen LogP contribution in [0.15, 0.2) is 24.3 Å². The Morgan fingerprint density at radius 3 is 2.88 bits per heavy atom. The molecule has 0 bridgehead atoms. The van der Waals surface area contributed by atoms with Crippen LogP contribution in [0.25, 0.3) is 0 Å². The third kappa shape index (κ3) is 2.58. The molecular weight excluding hydrogens is 209 g/mol. The monoisotopic (exact) mass is 225 g/mol. The Bertz CT molecular complexity index is 326. The number of rotatable bonds is 3. The lowest BCUT2D eigenvalue weighted by molar-refractivity contribution is -0.224. The van der Waals surface area contributed by atoms with Crippen LogP contribution in [0.5, 0.6) is 0 Å². The minimum atomic E-state index is -0.219. The SMILES string of the molecule is CCON1CCOC[C@@H]1c1ccc(F)cc1. The zero-order valence-corrected chi connectivity index (χ0v) is 9.36. The number of nitrogens with zero attached hydrogens (tertiary/aromatic N) is 1. The van der Waals surface area contributed by atoms with E-state index in [1.165, 1.54) is 12.1 Å². The Hall–Kier alpha value is -0.970. The molecule has 88 valence electrons. The molecule has 0 N–H and O–H groups in total. The Kier molecular flexibility index (Phi) is 3.88. The first-order valence-electron chi connectivity index (χ1n) is 5.54. The van der Waals surface area contributed by atoms with Gasteiger partial charge in [-0.05, 0) is 24.6 Å². The van der Waals surface area contributed by atoms with Gasteiger partial charge >= 0.3 is 0 Å². The lowest BCUT2D eigenvalue weighted by Crippen LogP contribution is -2.39. The molecule has 1 saturated heterocycles. The first kappa shape index (κ1) is 11.5. The third-order valence-electron chi connectivity index (χ3n) is 2.63. The number of halogens is 1. The van der Waals surface area contributed by atoms with Gasteiger partial charge in [-0.25, -0.2) is 4.39 Å². The largest absolute Gasteiger partial charge is 0.378 e. The van der Waals surface area contributed by atoms with Crippen molar-refractivity contribution >= 4 is 0 Å². The fourth-order valence-corrected chi connectivity index (χ4v) is 1.86. The summed E-state index contributed by atoms with van der Waals surface area (Å²) in [5.41, 5.74) is 1.02. The Labute approximate surface area is 94.7 Å². The summed E-state index contributed by atoms with van der Waals surface area (Å²) in [7, 11) is 0. The second-order valence-corrected chi connectivity index (χ2v) is 3.70. The van der Waals surface area contributed by atoms with E-state index in [1.807, 2.05) is 12.0 Å².